The summed E-state index contributed by atoms with van der Waals surface area (Å²) in [5.41, 5.74) is 0. The molecule has 0 atom stereocenters. The van der Waals surface area contributed by atoms with E-state index in [1.54, 1.807) is 12.2 Å². The van der Waals surface area contributed by atoms with Gasteiger partial charge in [-0.1, -0.05) is 31.2 Å². The maximum absolute atomic E-state index is 9.76. The van der Waals surface area contributed by atoms with E-state index < -0.39 is 4.92 Å². The molecule has 3 nitrogen and oxygen atoms in total. The van der Waals surface area contributed by atoms with E-state index in [1.165, 1.54) is 6.08 Å². The summed E-state index contributed by atoms with van der Waals surface area (Å²) in [6.07, 6.45) is 10.5. The van der Waals surface area contributed by atoms with Gasteiger partial charge in [0.15, 0.2) is 0 Å². The van der Waals surface area contributed by atoms with Crippen LogP contribution in [0.25, 0.3) is 0 Å². The average molecular weight is 153 g/mol. The Hall–Kier alpha value is -1.38. The van der Waals surface area contributed by atoms with Crippen molar-refractivity contribution in [2.24, 2.45) is 0 Å². The molecule has 0 saturated carbocycles. The molecule has 0 aliphatic rings. The Morgan fingerprint density at radius 3 is 2.45 bits per heavy atom. The van der Waals surface area contributed by atoms with Crippen LogP contribution in [0.15, 0.2) is 36.6 Å². The first-order chi connectivity index (χ1) is 5.27. The molecule has 0 spiro atoms. The van der Waals surface area contributed by atoms with Crippen LogP contribution >= 0.6 is 0 Å². The summed E-state index contributed by atoms with van der Waals surface area (Å²) in [5, 5.41) is 9.76. The molecule has 0 aromatic carbocycles. The molecule has 0 N–H and O–H groups in total. The normalized spacial score (nSPS) is 12.1. The van der Waals surface area contributed by atoms with Gasteiger partial charge in [-0.15, -0.1) is 0 Å². The Morgan fingerprint density at radius 1 is 1.27 bits per heavy atom. The van der Waals surface area contributed by atoms with Gasteiger partial charge in [0.1, 0.15) is 0 Å². The van der Waals surface area contributed by atoms with Gasteiger partial charge in [0, 0.05) is 6.08 Å². The summed E-state index contributed by atoms with van der Waals surface area (Å²) in [7, 11) is 0. The monoisotopic (exact) mass is 153 g/mol. The van der Waals surface area contributed by atoms with Crippen molar-refractivity contribution in [2.75, 3.05) is 0 Å². The highest BCUT2D eigenvalue weighted by atomic mass is 16.6. The van der Waals surface area contributed by atoms with Crippen molar-refractivity contribution in [3.63, 3.8) is 0 Å². The van der Waals surface area contributed by atoms with E-state index in [0.29, 0.717) is 0 Å². The van der Waals surface area contributed by atoms with E-state index in [9.17, 15) is 10.1 Å². The largest absolute Gasteiger partial charge is 0.259 e. The van der Waals surface area contributed by atoms with Gasteiger partial charge in [0.25, 0.3) is 0 Å². The van der Waals surface area contributed by atoms with Crippen molar-refractivity contribution in [2.45, 2.75) is 13.3 Å². The first-order valence-electron chi connectivity index (χ1n) is 3.41. The molecule has 0 bridgehead atoms. The van der Waals surface area contributed by atoms with Crippen LogP contribution in [0.5, 0.6) is 0 Å². The fourth-order valence-corrected chi connectivity index (χ4v) is 0.463. The van der Waals surface area contributed by atoms with E-state index in [0.717, 1.165) is 12.6 Å². The zero-order valence-electron chi connectivity index (χ0n) is 6.43. The average Bonchev–Trinajstić information content (AvgIpc) is 1.96. The van der Waals surface area contributed by atoms with Crippen molar-refractivity contribution in [1.29, 1.82) is 0 Å². The van der Waals surface area contributed by atoms with E-state index in [4.69, 9.17) is 0 Å². The highest BCUT2D eigenvalue weighted by Gasteiger charge is 1.77. The summed E-state index contributed by atoms with van der Waals surface area (Å²) in [6.45, 7) is 2.02. The summed E-state index contributed by atoms with van der Waals surface area (Å²) in [6, 6.07) is 0. The lowest BCUT2D eigenvalue weighted by atomic mass is 10.4. The molecular formula is C8H11NO2. The lowest BCUT2D eigenvalue weighted by molar-refractivity contribution is -0.402. The molecule has 0 radical (unpaired) electrons. The Bertz CT molecular complexity index is 192. The van der Waals surface area contributed by atoms with Crippen LogP contribution in [0.3, 0.4) is 0 Å². The Balaban J connectivity index is 3.60. The highest BCUT2D eigenvalue weighted by Crippen LogP contribution is 1.83. The quantitative estimate of drug-likeness (QED) is 0.353. The Kier molecular flexibility index (Phi) is 5.89. The molecule has 0 aromatic heterocycles. The molecule has 3 heteroatoms. The zero-order chi connectivity index (χ0) is 8.53. The Labute approximate surface area is 65.9 Å². The first kappa shape index (κ1) is 9.62. The summed E-state index contributed by atoms with van der Waals surface area (Å²) in [4.78, 5) is 9.26. The third-order valence-corrected chi connectivity index (χ3v) is 0.913. The highest BCUT2D eigenvalue weighted by molar-refractivity contribution is 5.09. The van der Waals surface area contributed by atoms with Crippen LogP contribution in [0.4, 0.5) is 0 Å². The fraction of sp³-hybridized carbons (Fsp3) is 0.250. The van der Waals surface area contributed by atoms with Crippen LogP contribution in [0.1, 0.15) is 13.3 Å². The van der Waals surface area contributed by atoms with E-state index in [1.807, 2.05) is 19.1 Å². The summed E-state index contributed by atoms with van der Waals surface area (Å²) < 4.78 is 0. The summed E-state index contributed by atoms with van der Waals surface area (Å²) >= 11 is 0. The van der Waals surface area contributed by atoms with Crippen LogP contribution < -0.4 is 0 Å². The summed E-state index contributed by atoms with van der Waals surface area (Å²) in [5.74, 6) is 0. The van der Waals surface area contributed by atoms with Gasteiger partial charge >= 0.3 is 0 Å². The maximum atomic E-state index is 9.76. The van der Waals surface area contributed by atoms with Gasteiger partial charge < -0.3 is 0 Å². The third-order valence-electron chi connectivity index (χ3n) is 0.913. The minimum absolute atomic E-state index is 0.492. The van der Waals surface area contributed by atoms with Crippen molar-refractivity contribution in [3.8, 4) is 0 Å². The van der Waals surface area contributed by atoms with Gasteiger partial charge in [-0.05, 0) is 6.42 Å². The lowest BCUT2D eigenvalue weighted by Crippen LogP contribution is -1.80. The zero-order valence-corrected chi connectivity index (χ0v) is 6.43. The van der Waals surface area contributed by atoms with Crippen LogP contribution in [0, 0.1) is 10.1 Å². The van der Waals surface area contributed by atoms with Crippen molar-refractivity contribution in [3.05, 3.63) is 46.7 Å². The van der Waals surface area contributed by atoms with E-state index in [-0.39, 0.29) is 0 Å². The predicted octanol–water partition coefficient (Wildman–Crippen LogP) is 2.30. The second-order valence-electron chi connectivity index (χ2n) is 1.85. The molecule has 0 aliphatic carbocycles. The molecule has 0 aliphatic heterocycles. The first-order valence-corrected chi connectivity index (χ1v) is 3.41. The molecule has 0 aromatic rings. The molecule has 0 saturated heterocycles. The predicted molar refractivity (Wildman–Crippen MR) is 44.7 cm³/mol. The molecule has 0 heterocycles. The SMILES string of the molecule is CC/C=C/C=C\C=C\[N+](=O)[O-]. The smallest absolute Gasteiger partial charge is 0.234 e. The molecule has 0 fully saturated rings. The van der Waals surface area contributed by atoms with Crippen molar-refractivity contribution >= 4 is 0 Å². The maximum Gasteiger partial charge on any atom is 0.234 e. The Morgan fingerprint density at radius 2 is 1.91 bits per heavy atom. The molecule has 0 rings (SSSR count). The van der Waals surface area contributed by atoms with Gasteiger partial charge in [-0.3, -0.25) is 10.1 Å². The number of hydrogen-bond acceptors (Lipinski definition) is 2. The minimum atomic E-state index is -0.492. The minimum Gasteiger partial charge on any atom is -0.259 e. The van der Waals surface area contributed by atoms with Gasteiger partial charge in [-0.25, -0.2) is 0 Å². The lowest BCUT2D eigenvalue weighted by Gasteiger charge is -1.74. The van der Waals surface area contributed by atoms with E-state index in [2.05, 4.69) is 0 Å². The topological polar surface area (TPSA) is 43.1 Å². The van der Waals surface area contributed by atoms with Crippen LogP contribution in [-0.4, -0.2) is 4.92 Å². The number of rotatable bonds is 4. The second kappa shape index (κ2) is 6.74. The molecule has 0 amide bonds. The van der Waals surface area contributed by atoms with Crippen molar-refractivity contribution < 1.29 is 4.92 Å². The fourth-order valence-electron chi connectivity index (χ4n) is 0.463. The molecular weight excluding hydrogens is 142 g/mol. The number of nitro groups is 1. The molecule has 0 unspecified atom stereocenters. The number of allylic oxidation sites excluding steroid dienone is 5. The van der Waals surface area contributed by atoms with Crippen LogP contribution in [0.2, 0.25) is 0 Å². The molecule has 11 heavy (non-hydrogen) atoms. The molecule has 60 valence electrons. The standard InChI is InChI=1S/C8H11NO2/c1-2-3-4-5-6-7-8-9(10)11/h3-8H,2H2,1H3/b4-3+,6-5-,8-7+. The number of hydrogen-bond donors (Lipinski definition) is 0. The second-order valence-corrected chi connectivity index (χ2v) is 1.85. The van der Waals surface area contributed by atoms with Gasteiger partial charge in [0.05, 0.1) is 4.92 Å². The van der Waals surface area contributed by atoms with Gasteiger partial charge in [0.2, 0.25) is 6.20 Å². The van der Waals surface area contributed by atoms with Gasteiger partial charge in [-0.2, -0.15) is 0 Å². The third kappa shape index (κ3) is 8.62. The van der Waals surface area contributed by atoms with Crippen LogP contribution in [-0.2, 0) is 0 Å². The number of nitrogens with zero attached hydrogens (tertiary/aromatic N) is 1. The van der Waals surface area contributed by atoms with E-state index >= 15 is 0 Å². The van der Waals surface area contributed by atoms with Crippen molar-refractivity contribution in [1.82, 2.24) is 0 Å².